The quantitative estimate of drug-likeness (QED) is 0.385. The molecular weight excluding hydrogens is 411 g/mol. The van der Waals surface area contributed by atoms with Crippen LogP contribution in [0.15, 0.2) is 66.3 Å². The highest BCUT2D eigenvalue weighted by atomic mass is 35.5. The van der Waals surface area contributed by atoms with Gasteiger partial charge in [0.1, 0.15) is 5.82 Å². The standard InChI is InChI=1S/C21H20ClFN4OS/c1-3-12-27-20(15-8-5-4-6-9-15)24-25-21(27)29-14-19(28)26(2)13-16-17(22)10-7-11-18(16)23/h3-11H,1,12-14H2,2H3. The summed E-state index contributed by atoms with van der Waals surface area (Å²) in [5.41, 5.74) is 1.24. The first kappa shape index (κ1) is 21.1. The molecule has 0 saturated carbocycles. The zero-order chi connectivity index (χ0) is 20.8. The van der Waals surface area contributed by atoms with Gasteiger partial charge in [-0.15, -0.1) is 16.8 Å². The van der Waals surface area contributed by atoms with Crippen LogP contribution in [0.3, 0.4) is 0 Å². The summed E-state index contributed by atoms with van der Waals surface area (Å²) in [5, 5.41) is 9.42. The third-order valence-corrected chi connectivity index (χ3v) is 5.57. The average molecular weight is 431 g/mol. The van der Waals surface area contributed by atoms with Gasteiger partial charge in [0.2, 0.25) is 5.91 Å². The monoisotopic (exact) mass is 430 g/mol. The molecule has 0 unspecified atom stereocenters. The van der Waals surface area contributed by atoms with Crippen LogP contribution in [0.4, 0.5) is 4.39 Å². The first-order valence-electron chi connectivity index (χ1n) is 8.90. The molecule has 1 heterocycles. The molecule has 0 aliphatic carbocycles. The number of aromatic nitrogens is 3. The summed E-state index contributed by atoms with van der Waals surface area (Å²) in [5.74, 6) is 0.269. The van der Waals surface area contributed by atoms with E-state index in [4.69, 9.17) is 11.6 Å². The third kappa shape index (κ3) is 5.05. The van der Waals surface area contributed by atoms with Gasteiger partial charge in [0.05, 0.1) is 5.75 Å². The van der Waals surface area contributed by atoms with E-state index in [1.54, 1.807) is 19.2 Å². The molecule has 0 radical (unpaired) electrons. The highest BCUT2D eigenvalue weighted by molar-refractivity contribution is 7.99. The fraction of sp³-hybridized carbons (Fsp3) is 0.190. The number of nitrogens with zero attached hydrogens (tertiary/aromatic N) is 4. The van der Waals surface area contributed by atoms with Crippen molar-refractivity contribution in [2.75, 3.05) is 12.8 Å². The van der Waals surface area contributed by atoms with Crippen molar-refractivity contribution in [1.29, 1.82) is 0 Å². The van der Waals surface area contributed by atoms with E-state index < -0.39 is 5.82 Å². The fourth-order valence-corrected chi connectivity index (χ4v) is 3.85. The number of allylic oxidation sites excluding steroid dienone is 1. The number of thioether (sulfide) groups is 1. The summed E-state index contributed by atoms with van der Waals surface area (Å²) in [7, 11) is 1.62. The number of hydrogen-bond acceptors (Lipinski definition) is 4. The SMILES string of the molecule is C=CCn1c(SCC(=O)N(C)Cc2c(F)cccc2Cl)nnc1-c1ccccc1. The van der Waals surface area contributed by atoms with E-state index in [-0.39, 0.29) is 18.2 Å². The predicted octanol–water partition coefficient (Wildman–Crippen LogP) is 4.67. The van der Waals surface area contributed by atoms with Crippen LogP contribution >= 0.6 is 23.4 Å². The second-order valence-electron chi connectivity index (χ2n) is 6.31. The molecule has 3 aromatic rings. The van der Waals surface area contributed by atoms with Crippen LogP contribution in [0.5, 0.6) is 0 Å². The van der Waals surface area contributed by atoms with Crippen LogP contribution < -0.4 is 0 Å². The van der Waals surface area contributed by atoms with Gasteiger partial charge in [-0.05, 0) is 12.1 Å². The average Bonchev–Trinajstić information content (AvgIpc) is 3.12. The van der Waals surface area contributed by atoms with Crippen molar-refractivity contribution in [3.05, 3.63) is 77.6 Å². The van der Waals surface area contributed by atoms with E-state index in [1.807, 2.05) is 34.9 Å². The van der Waals surface area contributed by atoms with Gasteiger partial charge in [0.25, 0.3) is 0 Å². The van der Waals surface area contributed by atoms with Crippen molar-refractivity contribution in [1.82, 2.24) is 19.7 Å². The zero-order valence-electron chi connectivity index (χ0n) is 15.9. The van der Waals surface area contributed by atoms with Crippen molar-refractivity contribution in [2.45, 2.75) is 18.2 Å². The second kappa shape index (κ2) is 9.71. The van der Waals surface area contributed by atoms with Crippen LogP contribution in [0, 0.1) is 5.82 Å². The topological polar surface area (TPSA) is 51.0 Å². The van der Waals surface area contributed by atoms with Gasteiger partial charge >= 0.3 is 0 Å². The fourth-order valence-electron chi connectivity index (χ4n) is 2.74. The molecule has 150 valence electrons. The maximum atomic E-state index is 14.0. The Morgan fingerprint density at radius 1 is 1.24 bits per heavy atom. The Bertz CT molecular complexity index is 989. The Balaban J connectivity index is 1.70. The number of hydrogen-bond donors (Lipinski definition) is 0. The summed E-state index contributed by atoms with van der Waals surface area (Å²) in [4.78, 5) is 14.0. The van der Waals surface area contributed by atoms with Crippen molar-refractivity contribution in [3.8, 4) is 11.4 Å². The van der Waals surface area contributed by atoms with Crippen molar-refractivity contribution in [2.24, 2.45) is 0 Å². The molecule has 0 N–H and O–H groups in total. The van der Waals surface area contributed by atoms with E-state index in [2.05, 4.69) is 16.8 Å². The number of rotatable bonds is 8. The normalized spacial score (nSPS) is 10.7. The molecule has 8 heteroatoms. The highest BCUT2D eigenvalue weighted by Gasteiger charge is 2.18. The molecular formula is C21H20ClFN4OS. The van der Waals surface area contributed by atoms with Gasteiger partial charge in [-0.2, -0.15) is 0 Å². The molecule has 0 spiro atoms. The molecule has 1 aromatic heterocycles. The van der Waals surface area contributed by atoms with Crippen molar-refractivity contribution >= 4 is 29.3 Å². The lowest BCUT2D eigenvalue weighted by molar-refractivity contribution is -0.127. The maximum Gasteiger partial charge on any atom is 0.233 e. The molecule has 29 heavy (non-hydrogen) atoms. The van der Waals surface area contributed by atoms with Gasteiger partial charge in [0, 0.05) is 36.3 Å². The summed E-state index contributed by atoms with van der Waals surface area (Å²) in [6, 6.07) is 14.2. The van der Waals surface area contributed by atoms with Crippen molar-refractivity contribution < 1.29 is 9.18 Å². The summed E-state index contributed by atoms with van der Waals surface area (Å²) in [6.07, 6.45) is 1.76. The molecule has 0 atom stereocenters. The molecule has 3 rings (SSSR count). The van der Waals surface area contributed by atoms with Crippen LogP contribution in [-0.2, 0) is 17.9 Å². The Morgan fingerprint density at radius 2 is 2.00 bits per heavy atom. The summed E-state index contributed by atoms with van der Waals surface area (Å²) in [6.45, 7) is 4.41. The Morgan fingerprint density at radius 3 is 2.69 bits per heavy atom. The summed E-state index contributed by atoms with van der Waals surface area (Å²) < 4.78 is 15.9. The largest absolute Gasteiger partial charge is 0.341 e. The van der Waals surface area contributed by atoms with E-state index >= 15 is 0 Å². The minimum Gasteiger partial charge on any atom is -0.341 e. The number of amides is 1. The van der Waals surface area contributed by atoms with Gasteiger partial charge in [0.15, 0.2) is 11.0 Å². The van der Waals surface area contributed by atoms with E-state index in [1.165, 1.54) is 28.8 Å². The predicted molar refractivity (Wildman–Crippen MR) is 114 cm³/mol. The lowest BCUT2D eigenvalue weighted by atomic mass is 10.2. The van der Waals surface area contributed by atoms with Crippen LogP contribution in [0.25, 0.3) is 11.4 Å². The number of halogens is 2. The lowest BCUT2D eigenvalue weighted by Crippen LogP contribution is -2.28. The van der Waals surface area contributed by atoms with Gasteiger partial charge in [-0.1, -0.05) is 65.8 Å². The molecule has 2 aromatic carbocycles. The lowest BCUT2D eigenvalue weighted by Gasteiger charge is -2.18. The Kier molecular flexibility index (Phi) is 7.06. The van der Waals surface area contributed by atoms with E-state index in [0.29, 0.717) is 28.1 Å². The van der Waals surface area contributed by atoms with E-state index in [0.717, 1.165) is 5.56 Å². The first-order valence-corrected chi connectivity index (χ1v) is 10.3. The zero-order valence-corrected chi connectivity index (χ0v) is 17.5. The molecule has 0 fully saturated rings. The van der Waals surface area contributed by atoms with Crippen LogP contribution in [-0.4, -0.2) is 38.4 Å². The Labute approximate surface area is 178 Å². The summed E-state index contributed by atoms with van der Waals surface area (Å²) >= 11 is 7.34. The highest BCUT2D eigenvalue weighted by Crippen LogP contribution is 2.25. The molecule has 0 aliphatic rings. The van der Waals surface area contributed by atoms with Gasteiger partial charge in [-0.3, -0.25) is 9.36 Å². The molecule has 0 aliphatic heterocycles. The third-order valence-electron chi connectivity index (χ3n) is 4.27. The Hall–Kier alpha value is -2.64. The molecule has 5 nitrogen and oxygen atoms in total. The van der Waals surface area contributed by atoms with E-state index in [9.17, 15) is 9.18 Å². The maximum absolute atomic E-state index is 14.0. The van der Waals surface area contributed by atoms with Gasteiger partial charge < -0.3 is 4.90 Å². The number of carbonyl (C=O) groups is 1. The van der Waals surface area contributed by atoms with Crippen molar-refractivity contribution in [3.63, 3.8) is 0 Å². The van der Waals surface area contributed by atoms with Crippen LogP contribution in [0.2, 0.25) is 5.02 Å². The minimum absolute atomic E-state index is 0.0967. The number of carbonyl (C=O) groups excluding carboxylic acids is 1. The minimum atomic E-state index is -0.428. The molecule has 0 saturated heterocycles. The first-order chi connectivity index (χ1) is 14.0. The molecule has 0 bridgehead atoms. The van der Waals surface area contributed by atoms with Gasteiger partial charge in [-0.25, -0.2) is 4.39 Å². The smallest absolute Gasteiger partial charge is 0.233 e. The second-order valence-corrected chi connectivity index (χ2v) is 7.66. The molecule has 1 amide bonds. The van der Waals surface area contributed by atoms with Crippen LogP contribution in [0.1, 0.15) is 5.56 Å². The number of benzene rings is 2.